The van der Waals surface area contributed by atoms with E-state index in [1.807, 2.05) is 24.4 Å². The summed E-state index contributed by atoms with van der Waals surface area (Å²) in [5.74, 6) is 0. The summed E-state index contributed by atoms with van der Waals surface area (Å²) in [6.45, 7) is 0.669. The Morgan fingerprint density at radius 1 is 1.07 bits per heavy atom. The van der Waals surface area contributed by atoms with Gasteiger partial charge in [-0.25, -0.2) is 13.6 Å². The van der Waals surface area contributed by atoms with Crippen molar-refractivity contribution in [2.24, 2.45) is 5.14 Å². The summed E-state index contributed by atoms with van der Waals surface area (Å²) in [6.07, 6.45) is -1.26. The second-order valence-corrected chi connectivity index (χ2v) is 7.69. The van der Waals surface area contributed by atoms with Gasteiger partial charge in [0.25, 0.3) is 0 Å². The van der Waals surface area contributed by atoms with E-state index in [9.17, 15) is 21.6 Å². The van der Waals surface area contributed by atoms with Gasteiger partial charge in [0.15, 0.2) is 0 Å². The molecule has 1 heterocycles. The Hall–Kier alpha value is -2.85. The molecule has 0 unspecified atom stereocenters. The van der Waals surface area contributed by atoms with E-state index in [-0.39, 0.29) is 12.2 Å². The van der Waals surface area contributed by atoms with Gasteiger partial charge in [-0.1, -0.05) is 24.3 Å². The van der Waals surface area contributed by atoms with Gasteiger partial charge in [-0.2, -0.15) is 18.3 Å². The average Bonchev–Trinajstić information content (AvgIpc) is 3.11. The zero-order valence-electron chi connectivity index (χ0n) is 14.5. The molecule has 0 aliphatic carbocycles. The largest absolute Gasteiger partial charge is 0.418 e. The minimum Gasteiger partial charge on any atom is -0.380 e. The maximum Gasteiger partial charge on any atom is 0.418 e. The predicted octanol–water partition coefficient (Wildman–Crippen LogP) is 3.21. The van der Waals surface area contributed by atoms with Crippen LogP contribution in [0.5, 0.6) is 0 Å². The Morgan fingerprint density at radius 2 is 1.82 bits per heavy atom. The molecule has 6 nitrogen and oxygen atoms in total. The smallest absolute Gasteiger partial charge is 0.380 e. The summed E-state index contributed by atoms with van der Waals surface area (Å²) in [4.78, 5) is -0.591. The first-order chi connectivity index (χ1) is 13.1. The molecule has 0 fully saturated rings. The fourth-order valence-electron chi connectivity index (χ4n) is 2.71. The van der Waals surface area contributed by atoms with E-state index in [0.717, 1.165) is 23.3 Å². The van der Waals surface area contributed by atoms with Crippen LogP contribution >= 0.6 is 0 Å². The van der Waals surface area contributed by atoms with E-state index in [1.165, 1.54) is 0 Å². The predicted molar refractivity (Wildman–Crippen MR) is 97.9 cm³/mol. The Morgan fingerprint density at radius 3 is 2.46 bits per heavy atom. The molecule has 0 aliphatic rings. The summed E-state index contributed by atoms with van der Waals surface area (Å²) >= 11 is 0. The maximum absolute atomic E-state index is 13.3. The lowest BCUT2D eigenvalue weighted by Crippen LogP contribution is -2.16. The fraction of sp³-hybridized carbons (Fsp3) is 0.167. The van der Waals surface area contributed by atoms with Crippen molar-refractivity contribution < 1.29 is 21.6 Å². The summed E-state index contributed by atoms with van der Waals surface area (Å²) in [6, 6.07) is 11.8. The van der Waals surface area contributed by atoms with Crippen LogP contribution in [0, 0.1) is 0 Å². The van der Waals surface area contributed by atoms with Gasteiger partial charge in [-0.05, 0) is 35.4 Å². The number of hydrogen-bond donors (Lipinski definition) is 2. The molecule has 1 aromatic heterocycles. The maximum atomic E-state index is 13.3. The van der Waals surface area contributed by atoms with Gasteiger partial charge in [0.1, 0.15) is 0 Å². The van der Waals surface area contributed by atoms with Crippen molar-refractivity contribution in [2.75, 3.05) is 5.32 Å². The lowest BCUT2D eigenvalue weighted by Gasteiger charge is -2.16. The number of nitrogens with two attached hydrogens (primary N) is 1. The summed E-state index contributed by atoms with van der Waals surface area (Å²) < 4.78 is 64.4. The summed E-state index contributed by atoms with van der Waals surface area (Å²) in [5, 5.41) is 11.8. The number of anilines is 1. The van der Waals surface area contributed by atoms with Gasteiger partial charge >= 0.3 is 6.18 Å². The van der Waals surface area contributed by atoms with E-state index in [4.69, 9.17) is 5.14 Å². The van der Waals surface area contributed by atoms with Crippen LogP contribution < -0.4 is 10.5 Å². The molecule has 0 amide bonds. The minimum atomic E-state index is -4.73. The van der Waals surface area contributed by atoms with Gasteiger partial charge in [0.2, 0.25) is 10.0 Å². The monoisotopic (exact) mass is 410 g/mol. The van der Waals surface area contributed by atoms with Gasteiger partial charge in [0.05, 0.1) is 17.0 Å². The highest BCUT2D eigenvalue weighted by Crippen LogP contribution is 2.36. The first-order valence-corrected chi connectivity index (χ1v) is 9.71. The molecule has 3 rings (SSSR count). The number of nitrogens with one attached hydrogen (secondary N) is 1. The molecule has 0 bridgehead atoms. The zero-order valence-corrected chi connectivity index (χ0v) is 15.3. The van der Waals surface area contributed by atoms with Crippen LogP contribution in [0.4, 0.5) is 18.9 Å². The van der Waals surface area contributed by atoms with E-state index < -0.39 is 26.7 Å². The van der Waals surface area contributed by atoms with E-state index >= 15 is 0 Å². The topological polar surface area (TPSA) is 90.0 Å². The van der Waals surface area contributed by atoms with Crippen LogP contribution in [-0.2, 0) is 29.3 Å². The summed E-state index contributed by atoms with van der Waals surface area (Å²) in [5.41, 5.74) is 0.404. The van der Waals surface area contributed by atoms with Crippen molar-refractivity contribution in [1.82, 2.24) is 9.78 Å². The lowest BCUT2D eigenvalue weighted by molar-refractivity contribution is -0.137. The number of primary sulfonamides is 1. The van der Waals surface area contributed by atoms with Crippen molar-refractivity contribution in [3.05, 3.63) is 77.6 Å². The fourth-order valence-corrected chi connectivity index (χ4v) is 3.25. The standard InChI is InChI=1S/C18H17F3N4O2S/c19-18(20,21)16-10-15(28(22,26)27)5-6-17(16)23-11-13-3-1-4-14(9-13)12-25-8-2-7-24-25/h1-10,23H,11-12H2,(H2,22,26,27). The first kappa shape index (κ1) is 19.9. The average molecular weight is 410 g/mol. The Kier molecular flexibility index (Phi) is 5.43. The molecular formula is C18H17F3N4O2S. The molecular weight excluding hydrogens is 393 g/mol. The van der Waals surface area contributed by atoms with Gasteiger partial charge in [0, 0.05) is 24.6 Å². The lowest BCUT2D eigenvalue weighted by atomic mass is 10.1. The van der Waals surface area contributed by atoms with Gasteiger partial charge in [-0.3, -0.25) is 4.68 Å². The minimum absolute atomic E-state index is 0.130. The Balaban J connectivity index is 1.81. The normalized spacial score (nSPS) is 12.1. The molecule has 28 heavy (non-hydrogen) atoms. The second kappa shape index (κ2) is 7.64. The number of benzene rings is 2. The van der Waals surface area contributed by atoms with Crippen molar-refractivity contribution in [3.8, 4) is 0 Å². The molecule has 0 saturated heterocycles. The molecule has 0 aliphatic heterocycles. The zero-order chi connectivity index (χ0) is 20.4. The highest BCUT2D eigenvalue weighted by molar-refractivity contribution is 7.89. The molecule has 2 aromatic carbocycles. The third kappa shape index (κ3) is 4.90. The highest BCUT2D eigenvalue weighted by atomic mass is 32.2. The number of alkyl halides is 3. The SMILES string of the molecule is NS(=O)(=O)c1ccc(NCc2cccc(Cn3cccn3)c2)c(C(F)(F)F)c1. The van der Waals surface area contributed by atoms with Crippen molar-refractivity contribution in [3.63, 3.8) is 0 Å². The Bertz CT molecular complexity index is 1060. The molecule has 0 atom stereocenters. The molecule has 148 valence electrons. The van der Waals surface area contributed by atoms with Gasteiger partial charge in [-0.15, -0.1) is 0 Å². The molecule has 3 aromatic rings. The van der Waals surface area contributed by atoms with E-state index in [0.29, 0.717) is 12.6 Å². The molecule has 10 heteroatoms. The number of rotatable bonds is 6. The van der Waals surface area contributed by atoms with E-state index in [2.05, 4.69) is 10.4 Å². The summed E-state index contributed by atoms with van der Waals surface area (Å²) in [7, 11) is -4.24. The van der Waals surface area contributed by atoms with Crippen molar-refractivity contribution >= 4 is 15.7 Å². The molecule has 0 saturated carbocycles. The number of halogens is 3. The van der Waals surface area contributed by atoms with Crippen molar-refractivity contribution in [1.29, 1.82) is 0 Å². The van der Waals surface area contributed by atoms with Crippen LogP contribution in [0.25, 0.3) is 0 Å². The third-order valence-electron chi connectivity index (χ3n) is 4.00. The third-order valence-corrected chi connectivity index (χ3v) is 4.91. The van der Waals surface area contributed by atoms with E-state index in [1.54, 1.807) is 23.0 Å². The molecule has 0 radical (unpaired) electrons. The van der Waals surface area contributed by atoms with Crippen LogP contribution in [0.1, 0.15) is 16.7 Å². The van der Waals surface area contributed by atoms with Crippen LogP contribution in [0.2, 0.25) is 0 Å². The first-order valence-electron chi connectivity index (χ1n) is 8.16. The molecule has 0 spiro atoms. The van der Waals surface area contributed by atoms with Crippen LogP contribution in [-0.4, -0.2) is 18.2 Å². The quantitative estimate of drug-likeness (QED) is 0.653. The number of aromatic nitrogens is 2. The highest BCUT2D eigenvalue weighted by Gasteiger charge is 2.34. The van der Waals surface area contributed by atoms with Crippen LogP contribution in [0.15, 0.2) is 65.8 Å². The Labute approximate surface area is 159 Å². The number of nitrogens with zero attached hydrogens (tertiary/aromatic N) is 2. The van der Waals surface area contributed by atoms with Crippen LogP contribution in [0.3, 0.4) is 0 Å². The van der Waals surface area contributed by atoms with Gasteiger partial charge < -0.3 is 5.32 Å². The number of hydrogen-bond acceptors (Lipinski definition) is 4. The second-order valence-electron chi connectivity index (χ2n) is 6.13. The molecule has 3 N–H and O–H groups in total. The number of sulfonamides is 1. The van der Waals surface area contributed by atoms with Crippen molar-refractivity contribution in [2.45, 2.75) is 24.2 Å².